The van der Waals surface area contributed by atoms with Crippen LogP contribution in [0, 0.1) is 0 Å². The van der Waals surface area contributed by atoms with Gasteiger partial charge in [0.25, 0.3) is 11.8 Å². The summed E-state index contributed by atoms with van der Waals surface area (Å²) < 4.78 is 1.78. The monoisotopic (exact) mass is 354 g/mol. The third-order valence-electron chi connectivity index (χ3n) is 4.78. The largest absolute Gasteiger partial charge is 0.355 e. The number of nitrogens with one attached hydrogen (secondary N) is 2. The van der Waals surface area contributed by atoms with Crippen LogP contribution in [0.3, 0.4) is 0 Å². The lowest BCUT2D eigenvalue weighted by atomic mass is 10.1. The van der Waals surface area contributed by atoms with E-state index in [1.807, 2.05) is 18.2 Å². The summed E-state index contributed by atoms with van der Waals surface area (Å²) in [7, 11) is 1.63. The molecule has 2 aromatic rings. The van der Waals surface area contributed by atoms with Crippen molar-refractivity contribution in [3.63, 3.8) is 0 Å². The summed E-state index contributed by atoms with van der Waals surface area (Å²) in [6, 6.07) is 8.15. The molecular weight excluding hydrogens is 332 g/mol. The summed E-state index contributed by atoms with van der Waals surface area (Å²) in [5.41, 5.74) is 2.13. The highest BCUT2D eigenvalue weighted by Crippen LogP contribution is 2.33. The van der Waals surface area contributed by atoms with E-state index >= 15 is 0 Å². The van der Waals surface area contributed by atoms with Gasteiger partial charge in [-0.1, -0.05) is 17.3 Å². The zero-order valence-corrected chi connectivity index (χ0v) is 14.7. The molecule has 4 rings (SSSR count). The Morgan fingerprint density at radius 2 is 2.04 bits per heavy atom. The molecule has 2 amide bonds. The first kappa shape index (κ1) is 16.7. The number of hydrogen-bond donors (Lipinski definition) is 2. The zero-order chi connectivity index (χ0) is 18.1. The predicted molar refractivity (Wildman–Crippen MR) is 94.7 cm³/mol. The second-order valence-electron chi connectivity index (χ2n) is 6.96. The first-order chi connectivity index (χ1) is 12.6. The Hall–Kier alpha value is -2.74. The Bertz CT molecular complexity index is 823. The van der Waals surface area contributed by atoms with Crippen LogP contribution in [-0.2, 0) is 6.54 Å². The molecule has 136 valence electrons. The zero-order valence-electron chi connectivity index (χ0n) is 14.7. The SMILES string of the molecule is CNC(=O)c1cccc(CN2CC(NC(=O)c3cn(C4CC4)nn3)C2)c1. The number of hydrogen-bond acceptors (Lipinski definition) is 5. The Morgan fingerprint density at radius 3 is 2.77 bits per heavy atom. The minimum Gasteiger partial charge on any atom is -0.355 e. The van der Waals surface area contributed by atoms with Crippen LogP contribution in [0.4, 0.5) is 0 Å². The number of nitrogens with zero attached hydrogens (tertiary/aromatic N) is 4. The van der Waals surface area contributed by atoms with Crippen molar-refractivity contribution >= 4 is 11.8 Å². The molecular formula is C18H22N6O2. The fourth-order valence-electron chi connectivity index (χ4n) is 3.16. The summed E-state index contributed by atoms with van der Waals surface area (Å²) in [5.74, 6) is -0.247. The third kappa shape index (κ3) is 3.60. The van der Waals surface area contributed by atoms with E-state index in [1.54, 1.807) is 24.0 Å². The fraction of sp³-hybridized carbons (Fsp3) is 0.444. The van der Waals surface area contributed by atoms with Gasteiger partial charge in [-0.15, -0.1) is 5.10 Å². The van der Waals surface area contributed by atoms with Gasteiger partial charge in [-0.25, -0.2) is 4.68 Å². The van der Waals surface area contributed by atoms with E-state index in [9.17, 15) is 9.59 Å². The molecule has 1 saturated carbocycles. The quantitative estimate of drug-likeness (QED) is 0.792. The summed E-state index contributed by atoms with van der Waals surface area (Å²) >= 11 is 0. The molecule has 8 heteroatoms. The van der Waals surface area contributed by atoms with Crippen molar-refractivity contribution in [2.45, 2.75) is 31.5 Å². The number of carbonyl (C=O) groups excluding carboxylic acids is 2. The maximum atomic E-state index is 12.2. The molecule has 1 aromatic heterocycles. The molecule has 2 fully saturated rings. The van der Waals surface area contributed by atoms with E-state index in [2.05, 4.69) is 25.8 Å². The highest BCUT2D eigenvalue weighted by Gasteiger charge is 2.30. The van der Waals surface area contributed by atoms with Crippen molar-refractivity contribution in [2.24, 2.45) is 0 Å². The number of benzene rings is 1. The van der Waals surface area contributed by atoms with Crippen molar-refractivity contribution in [2.75, 3.05) is 20.1 Å². The number of carbonyl (C=O) groups is 2. The van der Waals surface area contributed by atoms with Gasteiger partial charge in [0.2, 0.25) is 0 Å². The van der Waals surface area contributed by atoms with E-state index in [0.717, 1.165) is 38.0 Å². The molecule has 0 radical (unpaired) electrons. The van der Waals surface area contributed by atoms with Crippen molar-refractivity contribution < 1.29 is 9.59 Å². The Morgan fingerprint density at radius 1 is 1.23 bits per heavy atom. The van der Waals surface area contributed by atoms with E-state index in [4.69, 9.17) is 0 Å². The first-order valence-corrected chi connectivity index (χ1v) is 8.88. The molecule has 1 aliphatic carbocycles. The summed E-state index contributed by atoms with van der Waals surface area (Å²) in [6.45, 7) is 2.33. The smallest absolute Gasteiger partial charge is 0.273 e. The van der Waals surface area contributed by atoms with Crippen molar-refractivity contribution in [1.29, 1.82) is 0 Å². The molecule has 2 heterocycles. The molecule has 26 heavy (non-hydrogen) atoms. The number of amides is 2. The van der Waals surface area contributed by atoms with E-state index in [1.165, 1.54) is 0 Å². The van der Waals surface area contributed by atoms with Gasteiger partial charge in [0, 0.05) is 32.2 Å². The third-order valence-corrected chi connectivity index (χ3v) is 4.78. The Labute approximate surface area is 151 Å². The average molecular weight is 354 g/mol. The molecule has 2 aliphatic rings. The lowest BCUT2D eigenvalue weighted by Crippen LogP contribution is -2.58. The van der Waals surface area contributed by atoms with Crippen LogP contribution < -0.4 is 10.6 Å². The van der Waals surface area contributed by atoms with Crippen LogP contribution in [0.15, 0.2) is 30.5 Å². The lowest BCUT2D eigenvalue weighted by molar-refractivity contribution is 0.0789. The van der Waals surface area contributed by atoms with Gasteiger partial charge in [0.15, 0.2) is 5.69 Å². The minimum absolute atomic E-state index is 0.0835. The molecule has 8 nitrogen and oxygen atoms in total. The van der Waals surface area contributed by atoms with Gasteiger partial charge in [-0.3, -0.25) is 14.5 Å². The van der Waals surface area contributed by atoms with Crippen LogP contribution in [0.2, 0.25) is 0 Å². The molecule has 1 saturated heterocycles. The molecule has 0 atom stereocenters. The minimum atomic E-state index is -0.164. The van der Waals surface area contributed by atoms with Crippen molar-refractivity contribution in [3.05, 3.63) is 47.3 Å². The van der Waals surface area contributed by atoms with E-state index < -0.39 is 0 Å². The lowest BCUT2D eigenvalue weighted by Gasteiger charge is -2.39. The first-order valence-electron chi connectivity index (χ1n) is 8.88. The van der Waals surface area contributed by atoms with E-state index in [-0.39, 0.29) is 17.9 Å². The maximum absolute atomic E-state index is 12.2. The Balaban J connectivity index is 1.26. The molecule has 1 aliphatic heterocycles. The van der Waals surface area contributed by atoms with E-state index in [0.29, 0.717) is 17.3 Å². The van der Waals surface area contributed by atoms with Crippen LogP contribution in [-0.4, -0.2) is 57.9 Å². The maximum Gasteiger partial charge on any atom is 0.273 e. The van der Waals surface area contributed by atoms with Gasteiger partial charge in [-0.2, -0.15) is 0 Å². The predicted octanol–water partition coefficient (Wildman–Crippen LogP) is 0.587. The van der Waals surface area contributed by atoms with Gasteiger partial charge in [-0.05, 0) is 30.5 Å². The van der Waals surface area contributed by atoms with Crippen molar-refractivity contribution in [3.8, 4) is 0 Å². The average Bonchev–Trinajstić information content (AvgIpc) is 3.36. The number of aromatic nitrogens is 3. The van der Waals surface area contributed by atoms with Gasteiger partial charge < -0.3 is 10.6 Å². The van der Waals surface area contributed by atoms with Crippen LogP contribution in [0.5, 0.6) is 0 Å². The molecule has 2 N–H and O–H groups in total. The molecule has 1 aromatic carbocycles. The second kappa shape index (κ2) is 6.87. The molecule has 0 bridgehead atoms. The standard InChI is InChI=1S/C18H22N6O2/c1-19-17(25)13-4-2-3-12(7-13)8-23-9-14(10-23)20-18(26)16-11-24(22-21-16)15-5-6-15/h2-4,7,11,14-15H,5-6,8-10H2,1H3,(H,19,25)(H,20,26). The van der Waals surface area contributed by atoms with Crippen molar-refractivity contribution in [1.82, 2.24) is 30.5 Å². The normalized spacial score (nSPS) is 17.6. The topological polar surface area (TPSA) is 92.2 Å². The van der Waals surface area contributed by atoms with Crippen LogP contribution >= 0.6 is 0 Å². The number of likely N-dealkylation sites (tertiary alicyclic amines) is 1. The highest BCUT2D eigenvalue weighted by molar-refractivity contribution is 5.94. The number of rotatable bonds is 6. The summed E-state index contributed by atoms with van der Waals surface area (Å²) in [4.78, 5) is 26.2. The second-order valence-corrected chi connectivity index (χ2v) is 6.96. The summed E-state index contributed by atoms with van der Waals surface area (Å²) in [6.07, 6.45) is 3.96. The van der Waals surface area contributed by atoms with Gasteiger partial charge in [0.05, 0.1) is 18.3 Å². The molecule has 0 unspecified atom stereocenters. The molecule has 0 spiro atoms. The fourth-order valence-corrected chi connectivity index (χ4v) is 3.16. The van der Waals surface area contributed by atoms with Crippen LogP contribution in [0.1, 0.15) is 45.3 Å². The van der Waals surface area contributed by atoms with Crippen LogP contribution in [0.25, 0.3) is 0 Å². The Kier molecular flexibility index (Phi) is 4.42. The summed E-state index contributed by atoms with van der Waals surface area (Å²) in [5, 5.41) is 13.6. The van der Waals surface area contributed by atoms with Gasteiger partial charge in [0.1, 0.15) is 0 Å². The van der Waals surface area contributed by atoms with Gasteiger partial charge >= 0.3 is 0 Å². The highest BCUT2D eigenvalue weighted by atomic mass is 16.2.